The monoisotopic (exact) mass is 546 g/mol. The summed E-state index contributed by atoms with van der Waals surface area (Å²) in [6.07, 6.45) is 6.14. The molecule has 0 unspecified atom stereocenters. The number of aryl methyl sites for hydroxylation is 2. The van der Waals surface area contributed by atoms with Crippen LogP contribution >= 0.6 is 55.1 Å². The van der Waals surface area contributed by atoms with Gasteiger partial charge in [-0.3, -0.25) is 4.79 Å². The molecule has 0 heterocycles. The van der Waals surface area contributed by atoms with E-state index in [1.165, 1.54) is 11.1 Å². The molecule has 0 aliphatic heterocycles. The summed E-state index contributed by atoms with van der Waals surface area (Å²) in [4.78, 5) is 13.3. The second-order valence-electron chi connectivity index (χ2n) is 6.87. The lowest BCUT2D eigenvalue weighted by Gasteiger charge is -2.13. The predicted octanol–water partition coefficient (Wildman–Crippen LogP) is 7.83. The van der Waals surface area contributed by atoms with Crippen molar-refractivity contribution in [1.29, 1.82) is 0 Å². The van der Waals surface area contributed by atoms with Crippen LogP contribution in [0.2, 0.25) is 0 Å². The van der Waals surface area contributed by atoms with Crippen molar-refractivity contribution in [2.24, 2.45) is 0 Å². The van der Waals surface area contributed by atoms with Crippen LogP contribution in [0.3, 0.4) is 0 Å². The van der Waals surface area contributed by atoms with Crippen LogP contribution in [0.15, 0.2) is 36.4 Å². The highest BCUT2D eigenvalue weighted by Gasteiger charge is 2.17. The van der Waals surface area contributed by atoms with Crippen LogP contribution in [0.4, 0.5) is 0 Å². The van der Waals surface area contributed by atoms with Crippen LogP contribution in [-0.4, -0.2) is 17.5 Å². The standard InChI is InChI=1S/C23H26Br2Cl2O/c24-15-19-13-17(5-1-3-11-26)7-9-21(19)23(28)22-10-8-18(6-2-4-12-27)14-20(22)16-25/h7-10,13-14H,1-6,11-12,15-16H2. The maximum atomic E-state index is 13.3. The van der Waals surface area contributed by atoms with E-state index in [1.54, 1.807) is 0 Å². The molecule has 0 bridgehead atoms. The molecule has 1 nitrogen and oxygen atoms in total. The number of rotatable bonds is 12. The Morgan fingerprint density at radius 1 is 0.714 bits per heavy atom. The maximum absolute atomic E-state index is 13.3. The molecule has 0 amide bonds. The van der Waals surface area contributed by atoms with Crippen molar-refractivity contribution in [1.82, 2.24) is 0 Å². The van der Waals surface area contributed by atoms with Crippen molar-refractivity contribution in [2.75, 3.05) is 11.8 Å². The molecule has 0 saturated carbocycles. The van der Waals surface area contributed by atoms with E-state index >= 15 is 0 Å². The van der Waals surface area contributed by atoms with Crippen molar-refractivity contribution >= 4 is 60.8 Å². The Bertz CT molecular complexity index is 714. The number of benzene rings is 2. The zero-order valence-corrected chi connectivity index (χ0v) is 20.6. The van der Waals surface area contributed by atoms with E-state index in [1.807, 2.05) is 12.1 Å². The van der Waals surface area contributed by atoms with Crippen molar-refractivity contribution in [3.63, 3.8) is 0 Å². The van der Waals surface area contributed by atoms with E-state index < -0.39 is 0 Å². The van der Waals surface area contributed by atoms with Crippen LogP contribution in [0.5, 0.6) is 0 Å². The lowest BCUT2D eigenvalue weighted by atomic mass is 9.92. The first-order valence-electron chi connectivity index (χ1n) is 9.66. The molecule has 2 aromatic rings. The highest BCUT2D eigenvalue weighted by atomic mass is 79.9. The number of unbranched alkanes of at least 4 members (excludes halogenated alkanes) is 2. The minimum Gasteiger partial charge on any atom is -0.289 e. The van der Waals surface area contributed by atoms with Crippen LogP contribution in [0.25, 0.3) is 0 Å². The molecule has 0 N–H and O–H groups in total. The fraction of sp³-hybridized carbons (Fsp3) is 0.435. The summed E-state index contributed by atoms with van der Waals surface area (Å²) in [5, 5.41) is 1.33. The quantitative estimate of drug-likeness (QED) is 0.150. The highest BCUT2D eigenvalue weighted by Crippen LogP contribution is 2.24. The van der Waals surface area contributed by atoms with E-state index in [9.17, 15) is 4.79 Å². The van der Waals surface area contributed by atoms with Gasteiger partial charge in [0.2, 0.25) is 0 Å². The molecular weight excluding hydrogens is 523 g/mol. The number of ketones is 1. The van der Waals surface area contributed by atoms with Gasteiger partial charge in [-0.2, -0.15) is 0 Å². The van der Waals surface area contributed by atoms with E-state index in [4.69, 9.17) is 23.2 Å². The number of hydrogen-bond acceptors (Lipinski definition) is 1. The van der Waals surface area contributed by atoms with E-state index in [-0.39, 0.29) is 5.78 Å². The van der Waals surface area contributed by atoms with Gasteiger partial charge in [-0.25, -0.2) is 0 Å². The van der Waals surface area contributed by atoms with Gasteiger partial charge >= 0.3 is 0 Å². The average Bonchev–Trinajstić information content (AvgIpc) is 2.73. The van der Waals surface area contributed by atoms with Crippen molar-refractivity contribution in [3.8, 4) is 0 Å². The lowest BCUT2D eigenvalue weighted by Crippen LogP contribution is -2.09. The normalized spacial score (nSPS) is 11.0. The third-order valence-corrected chi connectivity index (χ3v) is 6.56. The largest absolute Gasteiger partial charge is 0.289 e. The first kappa shape index (κ1) is 23.9. The van der Waals surface area contributed by atoms with Gasteiger partial charge < -0.3 is 0 Å². The summed E-state index contributed by atoms with van der Waals surface area (Å²) in [7, 11) is 0. The van der Waals surface area contributed by atoms with Gasteiger partial charge in [-0.1, -0.05) is 68.3 Å². The van der Waals surface area contributed by atoms with Crippen LogP contribution in [0, 0.1) is 0 Å². The summed E-state index contributed by atoms with van der Waals surface area (Å²) >= 11 is 18.7. The molecule has 152 valence electrons. The zero-order valence-electron chi connectivity index (χ0n) is 16.0. The smallest absolute Gasteiger partial charge is 0.193 e. The SMILES string of the molecule is O=C(c1ccc(CCCCCl)cc1CBr)c1ccc(CCCCCl)cc1CBr. The summed E-state index contributed by atoms with van der Waals surface area (Å²) in [6.45, 7) is 0. The molecule has 0 aromatic heterocycles. The van der Waals surface area contributed by atoms with Gasteiger partial charge in [-0.15, -0.1) is 23.2 Å². The zero-order chi connectivity index (χ0) is 20.4. The molecule has 5 heteroatoms. The van der Waals surface area contributed by atoms with E-state index in [2.05, 4.69) is 56.1 Å². The van der Waals surface area contributed by atoms with Crippen molar-refractivity contribution in [3.05, 3.63) is 69.8 Å². The van der Waals surface area contributed by atoms with E-state index in [0.717, 1.165) is 60.8 Å². The minimum absolute atomic E-state index is 0.0866. The Morgan fingerprint density at radius 3 is 1.50 bits per heavy atom. The Morgan fingerprint density at radius 2 is 1.14 bits per heavy atom. The molecule has 28 heavy (non-hydrogen) atoms. The fourth-order valence-electron chi connectivity index (χ4n) is 3.26. The third kappa shape index (κ3) is 6.86. The number of hydrogen-bond donors (Lipinski definition) is 0. The Balaban J connectivity index is 2.24. The van der Waals surface area contributed by atoms with Crippen molar-refractivity contribution < 1.29 is 4.79 Å². The molecule has 0 spiro atoms. The first-order chi connectivity index (χ1) is 13.6. The fourth-order valence-corrected chi connectivity index (χ4v) is 4.57. The van der Waals surface area contributed by atoms with Gasteiger partial charge in [0.15, 0.2) is 5.78 Å². The molecule has 2 rings (SSSR count). The number of alkyl halides is 4. The maximum Gasteiger partial charge on any atom is 0.193 e. The summed E-state index contributed by atoms with van der Waals surface area (Å²) in [5.74, 6) is 1.47. The van der Waals surface area contributed by atoms with E-state index in [0.29, 0.717) is 22.4 Å². The molecular formula is C23H26Br2Cl2O. The first-order valence-corrected chi connectivity index (χ1v) is 13.0. The van der Waals surface area contributed by atoms with Gasteiger partial charge in [0.1, 0.15) is 0 Å². The molecule has 0 saturated heterocycles. The summed E-state index contributed by atoms with van der Waals surface area (Å²) in [6, 6.07) is 12.4. The van der Waals surface area contributed by atoms with Gasteiger partial charge in [0, 0.05) is 33.5 Å². The number of halogens is 4. The molecule has 2 aromatic carbocycles. The van der Waals surface area contributed by atoms with Gasteiger partial charge in [-0.05, 0) is 60.8 Å². The second kappa shape index (κ2) is 13.1. The molecule has 0 atom stereocenters. The molecule has 0 aliphatic carbocycles. The molecule has 0 radical (unpaired) electrons. The van der Waals surface area contributed by atoms with Gasteiger partial charge in [0.05, 0.1) is 0 Å². The number of carbonyl (C=O) groups excluding carboxylic acids is 1. The predicted molar refractivity (Wildman–Crippen MR) is 129 cm³/mol. The second-order valence-corrected chi connectivity index (χ2v) is 8.75. The Kier molecular flexibility index (Phi) is 11.2. The summed E-state index contributed by atoms with van der Waals surface area (Å²) < 4.78 is 0. The highest BCUT2D eigenvalue weighted by molar-refractivity contribution is 9.08. The summed E-state index contributed by atoms with van der Waals surface area (Å²) in [5.41, 5.74) is 6.14. The number of carbonyl (C=O) groups is 1. The van der Waals surface area contributed by atoms with Gasteiger partial charge in [0.25, 0.3) is 0 Å². The Labute approximate surface area is 195 Å². The topological polar surface area (TPSA) is 17.1 Å². The minimum atomic E-state index is 0.0866. The van der Waals surface area contributed by atoms with Crippen LogP contribution in [0.1, 0.15) is 63.9 Å². The third-order valence-electron chi connectivity index (χ3n) is 4.81. The molecule has 0 aliphatic rings. The molecule has 0 fully saturated rings. The van der Waals surface area contributed by atoms with Crippen LogP contribution in [-0.2, 0) is 23.5 Å². The van der Waals surface area contributed by atoms with Crippen molar-refractivity contribution in [2.45, 2.75) is 49.2 Å². The average molecular weight is 549 g/mol. The Hall–Kier alpha value is -0.350. The lowest BCUT2D eigenvalue weighted by molar-refractivity contribution is 0.103. The van der Waals surface area contributed by atoms with Crippen LogP contribution < -0.4 is 0 Å².